The largest absolute Gasteiger partial charge is 0.478 e. The van der Waals surface area contributed by atoms with Crippen LogP contribution < -0.4 is 10.9 Å². The number of nitrogens with one attached hydrogen (secondary N) is 2. The number of benzene rings is 1. The molecule has 1 aromatic rings. The molecule has 0 amide bonds. The van der Waals surface area contributed by atoms with Crippen molar-refractivity contribution >= 4 is 21.5 Å². The van der Waals surface area contributed by atoms with Crippen molar-refractivity contribution < 1.29 is 23.4 Å². The fourth-order valence-corrected chi connectivity index (χ4v) is 4.21. The lowest BCUT2D eigenvalue weighted by molar-refractivity contribution is 0.0697. The molecule has 0 spiro atoms. The highest BCUT2D eigenvalue weighted by atomic mass is 32.2. The van der Waals surface area contributed by atoms with E-state index < -0.39 is 27.4 Å². The summed E-state index contributed by atoms with van der Waals surface area (Å²) in [4.78, 5) is 10.7. The van der Waals surface area contributed by atoms with Crippen LogP contribution in [0, 0.1) is 0 Å². The second-order valence-corrected chi connectivity index (χ2v) is 7.23. The molecular weight excluding hydrogens is 284 g/mol. The zero-order valence-electron chi connectivity index (χ0n) is 10.8. The topological polar surface area (TPSA) is 116 Å². The molecule has 0 aliphatic carbocycles. The van der Waals surface area contributed by atoms with E-state index in [-0.39, 0.29) is 17.1 Å². The number of carbonyl (C=O) groups is 1. The normalized spacial score (nSPS) is 28.2. The molecule has 1 saturated heterocycles. The summed E-state index contributed by atoms with van der Waals surface area (Å²) in [5.41, 5.74) is 5.35. The van der Waals surface area contributed by atoms with Gasteiger partial charge in [-0.15, -0.1) is 0 Å². The molecule has 4 N–H and O–H groups in total. The van der Waals surface area contributed by atoms with Crippen molar-refractivity contribution in [3.05, 3.63) is 29.8 Å². The van der Waals surface area contributed by atoms with Crippen molar-refractivity contribution in [2.45, 2.75) is 18.6 Å². The lowest BCUT2D eigenvalue weighted by atomic mass is 10.0. The van der Waals surface area contributed by atoms with E-state index in [9.17, 15) is 18.3 Å². The average molecular weight is 300 g/mol. The second-order valence-electron chi connectivity index (χ2n) is 5.12. The predicted octanol–water partition coefficient (Wildman–Crippen LogP) is -0.151. The Bertz CT molecular complexity index is 613. The fraction of sp³-hybridized carbons (Fsp3) is 0.417. The van der Waals surface area contributed by atoms with Gasteiger partial charge < -0.3 is 15.6 Å². The molecule has 110 valence electrons. The first-order valence-electron chi connectivity index (χ1n) is 5.97. The van der Waals surface area contributed by atoms with Gasteiger partial charge in [0.25, 0.3) is 0 Å². The highest BCUT2D eigenvalue weighted by Gasteiger charge is 2.46. The predicted molar refractivity (Wildman–Crippen MR) is 73.2 cm³/mol. The molecule has 1 aliphatic rings. The van der Waals surface area contributed by atoms with Gasteiger partial charge in [0.05, 0.1) is 28.7 Å². The van der Waals surface area contributed by atoms with Crippen molar-refractivity contribution in [3.8, 4) is 0 Å². The Balaban J connectivity index is 2.03. The van der Waals surface area contributed by atoms with Crippen molar-refractivity contribution in [1.82, 2.24) is 5.43 Å². The first-order chi connectivity index (χ1) is 9.22. The van der Waals surface area contributed by atoms with E-state index >= 15 is 0 Å². The van der Waals surface area contributed by atoms with Gasteiger partial charge in [0.15, 0.2) is 9.84 Å². The summed E-state index contributed by atoms with van der Waals surface area (Å²) in [5, 5.41) is 18.6. The Hall–Kier alpha value is -1.64. The zero-order chi connectivity index (χ0) is 15.0. The van der Waals surface area contributed by atoms with Crippen LogP contribution in [0.25, 0.3) is 0 Å². The molecule has 1 aliphatic heterocycles. The smallest absolute Gasteiger partial charge is 0.335 e. The molecule has 1 fully saturated rings. The van der Waals surface area contributed by atoms with Gasteiger partial charge in [0.1, 0.15) is 0 Å². The van der Waals surface area contributed by atoms with Crippen molar-refractivity contribution in [2.24, 2.45) is 0 Å². The maximum atomic E-state index is 11.5. The third kappa shape index (κ3) is 3.09. The molecule has 0 radical (unpaired) electrons. The van der Waals surface area contributed by atoms with E-state index in [1.54, 1.807) is 19.1 Å². The Morgan fingerprint density at radius 3 is 2.40 bits per heavy atom. The lowest BCUT2D eigenvalue weighted by Gasteiger charge is -2.28. The highest BCUT2D eigenvalue weighted by molar-refractivity contribution is 7.91. The zero-order valence-corrected chi connectivity index (χ0v) is 11.6. The number of aliphatic hydroxyl groups is 1. The molecule has 2 atom stereocenters. The van der Waals surface area contributed by atoms with Crippen LogP contribution in [0.2, 0.25) is 0 Å². The number of anilines is 1. The van der Waals surface area contributed by atoms with E-state index in [1.165, 1.54) is 12.1 Å². The fourth-order valence-electron chi connectivity index (χ4n) is 2.07. The number of carboxylic acids is 1. The molecule has 0 saturated carbocycles. The van der Waals surface area contributed by atoms with Crippen LogP contribution in [0.1, 0.15) is 17.3 Å². The van der Waals surface area contributed by atoms with Gasteiger partial charge in [-0.2, -0.15) is 0 Å². The molecule has 2 rings (SSSR count). The van der Waals surface area contributed by atoms with Crippen molar-refractivity contribution in [3.63, 3.8) is 0 Å². The Morgan fingerprint density at radius 1 is 1.35 bits per heavy atom. The first kappa shape index (κ1) is 14.8. The number of aromatic carboxylic acids is 1. The number of aliphatic hydroxyl groups excluding tert-OH is 1. The van der Waals surface area contributed by atoms with Gasteiger partial charge in [-0.3, -0.25) is 0 Å². The standard InChI is InChI=1S/C12H16N2O5S/c1-12(7-20(18,19)6-10(12)15)14-13-9-4-2-8(3-5-9)11(16)17/h2-5,10,13-15H,6-7H2,1H3,(H,16,17)/t10-,12-/m1/s1. The summed E-state index contributed by atoms with van der Waals surface area (Å²) < 4.78 is 23.0. The first-order valence-corrected chi connectivity index (χ1v) is 7.79. The Labute approximate surface area is 116 Å². The minimum atomic E-state index is -3.26. The SMILES string of the molecule is C[C@@]1(NNc2ccc(C(=O)O)cc2)CS(=O)(=O)C[C@H]1O. The third-order valence-electron chi connectivity index (χ3n) is 3.29. The summed E-state index contributed by atoms with van der Waals surface area (Å²) >= 11 is 0. The summed E-state index contributed by atoms with van der Waals surface area (Å²) in [6.45, 7) is 1.61. The number of hydrogen-bond donors (Lipinski definition) is 4. The average Bonchev–Trinajstić information content (AvgIpc) is 2.56. The van der Waals surface area contributed by atoms with Crippen LogP contribution in [-0.4, -0.2) is 47.7 Å². The molecule has 1 heterocycles. The molecule has 0 unspecified atom stereocenters. The number of sulfone groups is 1. The minimum absolute atomic E-state index is 0.158. The highest BCUT2D eigenvalue weighted by Crippen LogP contribution is 2.23. The van der Waals surface area contributed by atoms with Gasteiger partial charge in [0, 0.05) is 5.69 Å². The van der Waals surface area contributed by atoms with E-state index in [2.05, 4.69) is 10.9 Å². The van der Waals surface area contributed by atoms with Gasteiger partial charge in [-0.25, -0.2) is 18.6 Å². The molecular formula is C12H16N2O5S. The maximum Gasteiger partial charge on any atom is 0.335 e. The van der Waals surface area contributed by atoms with E-state index in [0.717, 1.165) is 0 Å². The van der Waals surface area contributed by atoms with Crippen LogP contribution in [0.15, 0.2) is 24.3 Å². The van der Waals surface area contributed by atoms with Crippen LogP contribution in [-0.2, 0) is 9.84 Å². The van der Waals surface area contributed by atoms with E-state index in [0.29, 0.717) is 5.69 Å². The van der Waals surface area contributed by atoms with Crippen LogP contribution in [0.4, 0.5) is 5.69 Å². The van der Waals surface area contributed by atoms with Crippen molar-refractivity contribution in [1.29, 1.82) is 0 Å². The molecule has 0 bridgehead atoms. The van der Waals surface area contributed by atoms with E-state index in [4.69, 9.17) is 5.11 Å². The minimum Gasteiger partial charge on any atom is -0.478 e. The Kier molecular flexibility index (Phi) is 3.72. The number of hydrazine groups is 1. The van der Waals surface area contributed by atoms with Gasteiger partial charge in [-0.1, -0.05) is 0 Å². The third-order valence-corrected chi connectivity index (χ3v) is 5.15. The van der Waals surface area contributed by atoms with Gasteiger partial charge >= 0.3 is 5.97 Å². The summed E-state index contributed by atoms with van der Waals surface area (Å²) in [6.07, 6.45) is -1.00. The number of hydrogen-bond acceptors (Lipinski definition) is 6. The Morgan fingerprint density at radius 2 is 1.95 bits per heavy atom. The number of rotatable bonds is 4. The molecule has 8 heteroatoms. The summed E-state index contributed by atoms with van der Waals surface area (Å²) in [5.74, 6) is -1.45. The van der Waals surface area contributed by atoms with Crippen LogP contribution in [0.3, 0.4) is 0 Å². The van der Waals surface area contributed by atoms with E-state index in [1.807, 2.05) is 0 Å². The summed E-state index contributed by atoms with van der Waals surface area (Å²) in [7, 11) is -3.26. The molecule has 0 aromatic heterocycles. The molecule has 7 nitrogen and oxygen atoms in total. The lowest BCUT2D eigenvalue weighted by Crippen LogP contribution is -2.54. The van der Waals surface area contributed by atoms with Crippen LogP contribution >= 0.6 is 0 Å². The maximum absolute atomic E-state index is 11.5. The van der Waals surface area contributed by atoms with Gasteiger partial charge in [0.2, 0.25) is 0 Å². The monoisotopic (exact) mass is 300 g/mol. The van der Waals surface area contributed by atoms with Crippen molar-refractivity contribution in [2.75, 3.05) is 16.9 Å². The number of carboxylic acid groups (broad SMARTS) is 1. The summed E-state index contributed by atoms with van der Waals surface area (Å²) in [6, 6.07) is 5.96. The second kappa shape index (κ2) is 5.04. The molecule has 20 heavy (non-hydrogen) atoms. The van der Waals surface area contributed by atoms with Gasteiger partial charge in [-0.05, 0) is 31.2 Å². The van der Waals surface area contributed by atoms with Crippen LogP contribution in [0.5, 0.6) is 0 Å². The quantitative estimate of drug-likeness (QED) is 0.571. The molecule has 1 aromatic carbocycles.